The molecule has 2 N–H and O–H groups in total. The lowest BCUT2D eigenvalue weighted by Gasteiger charge is -2.17. The van der Waals surface area contributed by atoms with Crippen LogP contribution in [0.15, 0.2) is 12.3 Å². The molecule has 6 heteroatoms. The molecule has 2 rings (SSSR count). The molecule has 1 aromatic rings. The van der Waals surface area contributed by atoms with Crippen LogP contribution >= 0.6 is 0 Å². The molecule has 1 fully saturated rings. The fourth-order valence-corrected chi connectivity index (χ4v) is 4.51. The van der Waals surface area contributed by atoms with Crippen LogP contribution in [0, 0.1) is 0 Å². The predicted molar refractivity (Wildman–Crippen MR) is 75.5 cm³/mol. The van der Waals surface area contributed by atoms with E-state index in [0.29, 0.717) is 11.7 Å². The normalized spacial score (nSPS) is 18.1. The van der Waals surface area contributed by atoms with Gasteiger partial charge in [-0.05, 0) is 32.8 Å². The van der Waals surface area contributed by atoms with Gasteiger partial charge in [-0.1, -0.05) is 12.8 Å². The molecule has 108 valence electrons. The molecular weight excluding hydrogens is 262 g/mol. The number of nitrogens with two attached hydrogens (primary N) is 1. The highest BCUT2D eigenvalue weighted by atomic mass is 32.2. The van der Waals surface area contributed by atoms with Crippen molar-refractivity contribution in [2.45, 2.75) is 56.9 Å². The highest BCUT2D eigenvalue weighted by Crippen LogP contribution is 2.28. The van der Waals surface area contributed by atoms with Gasteiger partial charge in [-0.2, -0.15) is 5.10 Å². The third-order valence-corrected chi connectivity index (χ3v) is 5.24. The Kier molecular flexibility index (Phi) is 4.01. The minimum Gasteiger partial charge on any atom is -0.325 e. The van der Waals surface area contributed by atoms with Crippen molar-refractivity contribution in [1.82, 2.24) is 9.78 Å². The molecule has 0 atom stereocenters. The van der Waals surface area contributed by atoms with Crippen molar-refractivity contribution in [2.24, 2.45) is 5.73 Å². The number of sulfone groups is 1. The minimum atomic E-state index is -3.20. The van der Waals surface area contributed by atoms with Gasteiger partial charge in [0.05, 0.1) is 23.2 Å². The van der Waals surface area contributed by atoms with Crippen molar-refractivity contribution < 1.29 is 8.42 Å². The van der Waals surface area contributed by atoms with Crippen LogP contribution in [0.4, 0.5) is 0 Å². The topological polar surface area (TPSA) is 78.0 Å². The number of nitrogens with zero attached hydrogens (tertiary/aromatic N) is 2. The number of hydrogen-bond acceptors (Lipinski definition) is 4. The monoisotopic (exact) mass is 285 g/mol. The van der Waals surface area contributed by atoms with Crippen LogP contribution in [-0.2, 0) is 15.6 Å². The largest absolute Gasteiger partial charge is 0.325 e. The molecule has 1 aromatic heterocycles. The lowest BCUT2D eigenvalue weighted by atomic mass is 10.1. The number of rotatable bonds is 5. The van der Waals surface area contributed by atoms with Gasteiger partial charge in [-0.25, -0.2) is 8.42 Å². The molecule has 0 aliphatic heterocycles. The first-order chi connectivity index (χ1) is 8.75. The predicted octanol–water partition coefficient (Wildman–Crippen LogP) is 1.65. The maximum absolute atomic E-state index is 12.0. The van der Waals surface area contributed by atoms with Crippen LogP contribution < -0.4 is 5.73 Å². The summed E-state index contributed by atoms with van der Waals surface area (Å²) in [4.78, 5) is 0. The summed E-state index contributed by atoms with van der Waals surface area (Å²) in [5, 5.41) is 4.40. The zero-order valence-corrected chi connectivity index (χ0v) is 12.5. The van der Waals surface area contributed by atoms with Gasteiger partial charge in [-0.3, -0.25) is 4.68 Å². The smallest absolute Gasteiger partial charge is 0.157 e. The lowest BCUT2D eigenvalue weighted by Crippen LogP contribution is -2.40. The standard InChI is InChI=1S/C13H23N3O2S/c1-13(2,14)10-19(17,18)9-11-7-8-16(15-11)12-5-3-4-6-12/h7-8,12H,3-6,9-10,14H2,1-2H3. The molecule has 0 aromatic carbocycles. The highest BCUT2D eigenvalue weighted by Gasteiger charge is 2.24. The van der Waals surface area contributed by atoms with E-state index in [1.807, 2.05) is 10.9 Å². The van der Waals surface area contributed by atoms with Crippen molar-refractivity contribution in [1.29, 1.82) is 0 Å². The summed E-state index contributed by atoms with van der Waals surface area (Å²) in [7, 11) is -3.20. The van der Waals surface area contributed by atoms with Crippen molar-refractivity contribution in [3.05, 3.63) is 18.0 Å². The van der Waals surface area contributed by atoms with Crippen LogP contribution in [0.25, 0.3) is 0 Å². The molecular formula is C13H23N3O2S. The Morgan fingerprint density at radius 2 is 2.05 bits per heavy atom. The van der Waals surface area contributed by atoms with E-state index in [1.54, 1.807) is 19.9 Å². The van der Waals surface area contributed by atoms with Crippen molar-refractivity contribution in [3.8, 4) is 0 Å². The summed E-state index contributed by atoms with van der Waals surface area (Å²) < 4.78 is 26.0. The zero-order chi connectivity index (χ0) is 14.1. The molecule has 5 nitrogen and oxygen atoms in total. The van der Waals surface area contributed by atoms with Gasteiger partial charge in [0.2, 0.25) is 0 Å². The second-order valence-electron chi connectivity index (χ2n) is 6.25. The Morgan fingerprint density at radius 1 is 1.42 bits per heavy atom. The van der Waals surface area contributed by atoms with E-state index < -0.39 is 15.4 Å². The molecule has 0 unspecified atom stereocenters. The molecule has 0 saturated heterocycles. The number of aromatic nitrogens is 2. The molecule has 0 spiro atoms. The molecule has 1 heterocycles. The second-order valence-corrected chi connectivity index (χ2v) is 8.31. The minimum absolute atomic E-state index is 0.0176. The molecule has 0 amide bonds. The van der Waals surface area contributed by atoms with E-state index in [9.17, 15) is 8.42 Å². The quantitative estimate of drug-likeness (QED) is 0.892. The van der Waals surface area contributed by atoms with Gasteiger partial charge in [0.25, 0.3) is 0 Å². The molecule has 1 saturated carbocycles. The zero-order valence-electron chi connectivity index (χ0n) is 11.7. The second kappa shape index (κ2) is 5.25. The lowest BCUT2D eigenvalue weighted by molar-refractivity contribution is 0.464. The van der Waals surface area contributed by atoms with Gasteiger partial charge < -0.3 is 5.73 Å². The summed E-state index contributed by atoms with van der Waals surface area (Å²) in [5.41, 5.74) is 5.70. The van der Waals surface area contributed by atoms with Crippen LogP contribution in [0.1, 0.15) is 51.3 Å². The Balaban J connectivity index is 2.03. The van der Waals surface area contributed by atoms with Crippen LogP contribution in [-0.4, -0.2) is 29.5 Å². The van der Waals surface area contributed by atoms with Crippen molar-refractivity contribution in [3.63, 3.8) is 0 Å². The van der Waals surface area contributed by atoms with Gasteiger partial charge in [0, 0.05) is 11.7 Å². The van der Waals surface area contributed by atoms with Gasteiger partial charge in [-0.15, -0.1) is 0 Å². The van der Waals surface area contributed by atoms with Crippen LogP contribution in [0.5, 0.6) is 0 Å². The number of hydrogen-bond donors (Lipinski definition) is 1. The summed E-state index contributed by atoms with van der Waals surface area (Å²) in [6.07, 6.45) is 6.65. The summed E-state index contributed by atoms with van der Waals surface area (Å²) in [5.74, 6) is -0.0381. The average Bonchev–Trinajstić information content (AvgIpc) is 2.80. The highest BCUT2D eigenvalue weighted by molar-refractivity contribution is 7.90. The fraction of sp³-hybridized carbons (Fsp3) is 0.769. The van der Waals surface area contributed by atoms with Gasteiger partial charge in [0.1, 0.15) is 0 Å². The van der Waals surface area contributed by atoms with E-state index in [2.05, 4.69) is 5.10 Å². The molecule has 0 radical (unpaired) electrons. The van der Waals surface area contributed by atoms with Gasteiger partial charge in [0.15, 0.2) is 9.84 Å². The van der Waals surface area contributed by atoms with E-state index in [1.165, 1.54) is 12.8 Å². The Labute approximate surface area is 115 Å². The van der Waals surface area contributed by atoms with Crippen LogP contribution in [0.3, 0.4) is 0 Å². The Morgan fingerprint density at radius 3 is 2.63 bits per heavy atom. The van der Waals surface area contributed by atoms with Gasteiger partial charge >= 0.3 is 0 Å². The maximum atomic E-state index is 12.0. The van der Waals surface area contributed by atoms with E-state index in [0.717, 1.165) is 12.8 Å². The molecule has 19 heavy (non-hydrogen) atoms. The third kappa shape index (κ3) is 4.31. The average molecular weight is 285 g/mol. The van der Waals surface area contributed by atoms with E-state index >= 15 is 0 Å². The third-order valence-electron chi connectivity index (χ3n) is 3.32. The molecule has 0 bridgehead atoms. The Hall–Kier alpha value is -0.880. The molecule has 1 aliphatic carbocycles. The van der Waals surface area contributed by atoms with Crippen LogP contribution in [0.2, 0.25) is 0 Å². The van der Waals surface area contributed by atoms with E-state index in [-0.39, 0.29) is 11.5 Å². The molecule has 1 aliphatic rings. The Bertz CT molecular complexity index is 522. The maximum Gasteiger partial charge on any atom is 0.157 e. The SMILES string of the molecule is CC(C)(N)CS(=O)(=O)Cc1ccn(C2CCCC2)n1. The first kappa shape index (κ1) is 14.5. The first-order valence-electron chi connectivity index (χ1n) is 6.78. The van der Waals surface area contributed by atoms with Crippen molar-refractivity contribution in [2.75, 3.05) is 5.75 Å². The summed E-state index contributed by atoms with van der Waals surface area (Å²) >= 11 is 0. The van der Waals surface area contributed by atoms with Crippen molar-refractivity contribution >= 4 is 9.84 Å². The van der Waals surface area contributed by atoms with E-state index in [4.69, 9.17) is 5.73 Å². The first-order valence-corrected chi connectivity index (χ1v) is 8.61. The summed E-state index contributed by atoms with van der Waals surface area (Å²) in [6, 6.07) is 2.25. The summed E-state index contributed by atoms with van der Waals surface area (Å²) in [6.45, 7) is 3.45. The fourth-order valence-electron chi connectivity index (χ4n) is 2.67.